The predicted molar refractivity (Wildman–Crippen MR) is 71.3 cm³/mol. The summed E-state index contributed by atoms with van der Waals surface area (Å²) in [5.74, 6) is 0. The number of methoxy groups -OCH3 is 1. The Morgan fingerprint density at radius 3 is 2.44 bits per heavy atom. The second kappa shape index (κ2) is 7.05. The molecule has 1 N–H and O–H groups in total. The first-order valence-electron chi connectivity index (χ1n) is 6.02. The van der Waals surface area contributed by atoms with E-state index in [-0.39, 0.29) is 0 Å². The SMILES string of the molecule is CCc1ccc(CC(NC)C(CC)OC)s1. The quantitative estimate of drug-likeness (QED) is 0.792. The van der Waals surface area contributed by atoms with E-state index < -0.39 is 0 Å². The van der Waals surface area contributed by atoms with Gasteiger partial charge in [-0.1, -0.05) is 13.8 Å². The van der Waals surface area contributed by atoms with E-state index in [1.165, 1.54) is 9.75 Å². The van der Waals surface area contributed by atoms with Crippen molar-refractivity contribution in [3.8, 4) is 0 Å². The molecule has 1 rings (SSSR count). The van der Waals surface area contributed by atoms with Gasteiger partial charge in [0.05, 0.1) is 6.10 Å². The zero-order chi connectivity index (χ0) is 12.0. The van der Waals surface area contributed by atoms with Crippen LogP contribution in [0.25, 0.3) is 0 Å². The molecular weight excluding hydrogens is 218 g/mol. The third-order valence-corrected chi connectivity index (χ3v) is 4.26. The Kier molecular flexibility index (Phi) is 6.03. The normalized spacial score (nSPS) is 15.0. The average Bonchev–Trinajstić information content (AvgIpc) is 2.77. The van der Waals surface area contributed by atoms with Gasteiger partial charge in [-0.05, 0) is 38.4 Å². The fourth-order valence-corrected chi connectivity index (χ4v) is 2.99. The maximum atomic E-state index is 5.50. The van der Waals surface area contributed by atoms with E-state index in [0.29, 0.717) is 12.1 Å². The summed E-state index contributed by atoms with van der Waals surface area (Å²) in [7, 11) is 3.81. The first kappa shape index (κ1) is 13.7. The third kappa shape index (κ3) is 3.58. The van der Waals surface area contributed by atoms with Crippen molar-refractivity contribution in [2.24, 2.45) is 0 Å². The van der Waals surface area contributed by atoms with Gasteiger partial charge in [-0.15, -0.1) is 11.3 Å². The molecule has 1 heterocycles. The minimum absolute atomic E-state index is 0.303. The van der Waals surface area contributed by atoms with E-state index >= 15 is 0 Å². The van der Waals surface area contributed by atoms with Crippen LogP contribution in [-0.2, 0) is 17.6 Å². The largest absolute Gasteiger partial charge is 0.380 e. The first-order chi connectivity index (χ1) is 7.74. The van der Waals surface area contributed by atoms with Crippen LogP contribution in [0.4, 0.5) is 0 Å². The Bertz CT molecular complexity index is 294. The van der Waals surface area contributed by atoms with Crippen LogP contribution >= 0.6 is 11.3 Å². The number of likely N-dealkylation sites (N-methyl/N-ethyl adjacent to an activating group) is 1. The Morgan fingerprint density at radius 2 is 2.00 bits per heavy atom. The van der Waals surface area contributed by atoms with Crippen molar-refractivity contribution in [2.45, 2.75) is 45.3 Å². The minimum atomic E-state index is 0.303. The molecule has 92 valence electrons. The second-order valence-corrected chi connectivity index (χ2v) is 5.26. The summed E-state index contributed by atoms with van der Waals surface area (Å²) in [6.45, 7) is 4.37. The molecule has 1 aromatic rings. The Labute approximate surface area is 103 Å². The second-order valence-electron chi connectivity index (χ2n) is 4.00. The molecule has 0 saturated carbocycles. The summed E-state index contributed by atoms with van der Waals surface area (Å²) in [5.41, 5.74) is 0. The summed E-state index contributed by atoms with van der Waals surface area (Å²) in [6.07, 6.45) is 3.55. The van der Waals surface area contributed by atoms with Crippen molar-refractivity contribution in [1.82, 2.24) is 5.32 Å². The molecule has 0 saturated heterocycles. The molecule has 3 heteroatoms. The summed E-state index contributed by atoms with van der Waals surface area (Å²) in [6, 6.07) is 4.90. The summed E-state index contributed by atoms with van der Waals surface area (Å²) in [4.78, 5) is 2.92. The van der Waals surface area contributed by atoms with Gasteiger partial charge >= 0.3 is 0 Å². The number of aryl methyl sites for hydroxylation is 1. The number of rotatable bonds is 7. The van der Waals surface area contributed by atoms with Gasteiger partial charge in [-0.2, -0.15) is 0 Å². The summed E-state index contributed by atoms with van der Waals surface area (Å²) < 4.78 is 5.50. The van der Waals surface area contributed by atoms with Crippen LogP contribution in [0.3, 0.4) is 0 Å². The molecule has 0 spiro atoms. The first-order valence-corrected chi connectivity index (χ1v) is 6.84. The highest BCUT2D eigenvalue weighted by Gasteiger charge is 2.18. The van der Waals surface area contributed by atoms with Crippen molar-refractivity contribution in [3.63, 3.8) is 0 Å². The van der Waals surface area contributed by atoms with Gasteiger partial charge in [0.25, 0.3) is 0 Å². The van der Waals surface area contributed by atoms with Crippen LogP contribution in [0, 0.1) is 0 Å². The molecule has 1 aromatic heterocycles. The van der Waals surface area contributed by atoms with Gasteiger partial charge in [0.1, 0.15) is 0 Å². The van der Waals surface area contributed by atoms with Crippen molar-refractivity contribution in [1.29, 1.82) is 0 Å². The zero-order valence-corrected chi connectivity index (χ0v) is 11.6. The van der Waals surface area contributed by atoms with E-state index in [4.69, 9.17) is 4.74 Å². The smallest absolute Gasteiger partial charge is 0.0725 e. The molecule has 0 aliphatic heterocycles. The Balaban J connectivity index is 2.61. The van der Waals surface area contributed by atoms with Crippen LogP contribution in [0.5, 0.6) is 0 Å². The van der Waals surface area contributed by atoms with E-state index in [1.807, 2.05) is 18.4 Å². The summed E-state index contributed by atoms with van der Waals surface area (Å²) in [5, 5.41) is 3.36. The van der Waals surface area contributed by atoms with Gasteiger partial charge in [0, 0.05) is 22.9 Å². The lowest BCUT2D eigenvalue weighted by Gasteiger charge is -2.24. The molecule has 0 aliphatic carbocycles. The lowest BCUT2D eigenvalue weighted by Crippen LogP contribution is -2.40. The highest BCUT2D eigenvalue weighted by Crippen LogP contribution is 2.20. The average molecular weight is 241 g/mol. The lowest BCUT2D eigenvalue weighted by atomic mass is 10.0. The molecule has 2 unspecified atom stereocenters. The standard InChI is InChI=1S/C13H23NOS/c1-5-10-7-8-11(16-10)9-12(14-3)13(6-2)15-4/h7-8,12-14H,5-6,9H2,1-4H3. The van der Waals surface area contributed by atoms with Gasteiger partial charge < -0.3 is 10.1 Å². The monoisotopic (exact) mass is 241 g/mol. The fraction of sp³-hybridized carbons (Fsp3) is 0.692. The van der Waals surface area contributed by atoms with Crippen molar-refractivity contribution in [2.75, 3.05) is 14.2 Å². The zero-order valence-electron chi connectivity index (χ0n) is 10.7. The number of thiophene rings is 1. The van der Waals surface area contributed by atoms with Crippen LogP contribution < -0.4 is 5.32 Å². The highest BCUT2D eigenvalue weighted by atomic mass is 32.1. The van der Waals surface area contributed by atoms with Crippen LogP contribution in [0.2, 0.25) is 0 Å². The van der Waals surface area contributed by atoms with E-state index in [0.717, 1.165) is 19.3 Å². The summed E-state index contributed by atoms with van der Waals surface area (Å²) >= 11 is 1.92. The van der Waals surface area contributed by atoms with Crippen LogP contribution in [0.1, 0.15) is 30.0 Å². The van der Waals surface area contributed by atoms with E-state index in [1.54, 1.807) is 7.11 Å². The third-order valence-electron chi connectivity index (χ3n) is 3.01. The molecule has 0 amide bonds. The maximum absolute atomic E-state index is 5.50. The van der Waals surface area contributed by atoms with Crippen LogP contribution in [-0.4, -0.2) is 26.3 Å². The Morgan fingerprint density at radius 1 is 1.31 bits per heavy atom. The molecule has 0 fully saturated rings. The van der Waals surface area contributed by atoms with Crippen molar-refractivity contribution < 1.29 is 4.74 Å². The lowest BCUT2D eigenvalue weighted by molar-refractivity contribution is 0.0680. The molecule has 0 bridgehead atoms. The van der Waals surface area contributed by atoms with Gasteiger partial charge in [-0.3, -0.25) is 0 Å². The minimum Gasteiger partial charge on any atom is -0.380 e. The number of ether oxygens (including phenoxy) is 1. The van der Waals surface area contributed by atoms with E-state index in [2.05, 4.69) is 31.3 Å². The molecule has 0 aliphatic rings. The predicted octanol–water partition coefficient (Wildman–Crippen LogP) is 2.87. The molecule has 0 aromatic carbocycles. The molecular formula is C13H23NOS. The van der Waals surface area contributed by atoms with Crippen LogP contribution in [0.15, 0.2) is 12.1 Å². The van der Waals surface area contributed by atoms with Gasteiger partial charge in [0.2, 0.25) is 0 Å². The topological polar surface area (TPSA) is 21.3 Å². The number of hydrogen-bond acceptors (Lipinski definition) is 3. The van der Waals surface area contributed by atoms with E-state index in [9.17, 15) is 0 Å². The molecule has 16 heavy (non-hydrogen) atoms. The van der Waals surface area contributed by atoms with Crippen molar-refractivity contribution >= 4 is 11.3 Å². The number of hydrogen-bond donors (Lipinski definition) is 1. The van der Waals surface area contributed by atoms with Crippen molar-refractivity contribution in [3.05, 3.63) is 21.9 Å². The Hall–Kier alpha value is -0.380. The molecule has 2 atom stereocenters. The van der Waals surface area contributed by atoms with Gasteiger partial charge in [0.15, 0.2) is 0 Å². The number of nitrogens with one attached hydrogen (secondary N) is 1. The highest BCUT2D eigenvalue weighted by molar-refractivity contribution is 7.11. The fourth-order valence-electron chi connectivity index (χ4n) is 1.97. The molecule has 0 radical (unpaired) electrons. The maximum Gasteiger partial charge on any atom is 0.0725 e. The molecule has 2 nitrogen and oxygen atoms in total. The van der Waals surface area contributed by atoms with Gasteiger partial charge in [-0.25, -0.2) is 0 Å².